The molecular formula is C9H13F3N4O. The second-order valence-corrected chi connectivity index (χ2v) is 3.77. The van der Waals surface area contributed by atoms with Gasteiger partial charge in [0.15, 0.2) is 0 Å². The Bertz CT molecular complexity index is 386. The third-order valence-electron chi connectivity index (χ3n) is 1.77. The molecule has 96 valence electrons. The Labute approximate surface area is 95.8 Å². The molecule has 5 nitrogen and oxygen atoms in total. The van der Waals surface area contributed by atoms with Gasteiger partial charge in [-0.25, -0.2) is 0 Å². The molecule has 3 N–H and O–H groups in total. The van der Waals surface area contributed by atoms with Crippen molar-refractivity contribution in [3.63, 3.8) is 0 Å². The zero-order valence-electron chi connectivity index (χ0n) is 9.16. The van der Waals surface area contributed by atoms with Crippen LogP contribution >= 0.6 is 0 Å². The van der Waals surface area contributed by atoms with Crippen molar-refractivity contribution in [3.8, 4) is 0 Å². The molecule has 1 heterocycles. The Kier molecular flexibility index (Phi) is 4.11. The van der Waals surface area contributed by atoms with Crippen molar-refractivity contribution in [2.45, 2.75) is 32.1 Å². The summed E-state index contributed by atoms with van der Waals surface area (Å²) < 4.78 is 36.8. The number of nitrogens with one attached hydrogen (secondary N) is 1. The van der Waals surface area contributed by atoms with E-state index in [9.17, 15) is 18.0 Å². The molecule has 1 aromatic heterocycles. The molecule has 0 aliphatic heterocycles. The van der Waals surface area contributed by atoms with Gasteiger partial charge in [-0.15, -0.1) is 0 Å². The predicted octanol–water partition coefficient (Wildman–Crippen LogP) is 1.12. The summed E-state index contributed by atoms with van der Waals surface area (Å²) in [6, 6.07) is -0.305. The average Bonchev–Trinajstić information content (AvgIpc) is 2.46. The molecule has 0 spiro atoms. The molecule has 0 bridgehead atoms. The number of nitrogens with zero attached hydrogens (tertiary/aromatic N) is 2. The van der Waals surface area contributed by atoms with Crippen molar-refractivity contribution in [2.24, 2.45) is 5.73 Å². The molecule has 0 saturated carbocycles. The molecule has 0 aliphatic carbocycles. The van der Waals surface area contributed by atoms with Gasteiger partial charge in [-0.1, -0.05) is 0 Å². The lowest BCUT2D eigenvalue weighted by atomic mass is 10.2. The largest absolute Gasteiger partial charge is 0.408 e. The van der Waals surface area contributed by atoms with Gasteiger partial charge in [-0.05, 0) is 6.92 Å². The Morgan fingerprint density at radius 3 is 2.82 bits per heavy atom. The normalized spacial score (nSPS) is 13.5. The minimum atomic E-state index is -4.33. The Hall–Kier alpha value is -1.57. The SMILES string of the molecule is CC(N)CC(=O)Nc1cnn(CC(F)(F)F)c1. The number of alkyl halides is 3. The first-order valence-electron chi connectivity index (χ1n) is 4.91. The van der Waals surface area contributed by atoms with Crippen molar-refractivity contribution in [1.82, 2.24) is 9.78 Å². The highest BCUT2D eigenvalue weighted by Gasteiger charge is 2.28. The molecule has 8 heteroatoms. The Morgan fingerprint density at radius 1 is 1.65 bits per heavy atom. The molecule has 0 fully saturated rings. The lowest BCUT2D eigenvalue weighted by Gasteiger charge is -2.06. The van der Waals surface area contributed by atoms with Crippen molar-refractivity contribution in [2.75, 3.05) is 5.32 Å². The standard InChI is InChI=1S/C9H13F3N4O/c1-6(13)2-8(17)15-7-3-14-16(4-7)5-9(10,11)12/h3-4,6H,2,5,13H2,1H3,(H,15,17). The van der Waals surface area contributed by atoms with Crippen LogP contribution in [0.15, 0.2) is 12.4 Å². The maximum Gasteiger partial charge on any atom is 0.408 e. The van der Waals surface area contributed by atoms with E-state index >= 15 is 0 Å². The summed E-state index contributed by atoms with van der Waals surface area (Å²) in [5, 5.41) is 5.89. The summed E-state index contributed by atoms with van der Waals surface area (Å²) in [5.74, 6) is -0.355. The number of amides is 1. The highest BCUT2D eigenvalue weighted by Crippen LogP contribution is 2.18. The maximum atomic E-state index is 12.0. The fourth-order valence-corrected chi connectivity index (χ4v) is 1.20. The summed E-state index contributed by atoms with van der Waals surface area (Å²) in [6.07, 6.45) is -1.96. The van der Waals surface area contributed by atoms with E-state index in [4.69, 9.17) is 5.73 Å². The van der Waals surface area contributed by atoms with Crippen LogP contribution in [-0.2, 0) is 11.3 Å². The van der Waals surface area contributed by atoms with E-state index in [-0.39, 0.29) is 24.1 Å². The van der Waals surface area contributed by atoms with Crippen molar-refractivity contribution in [3.05, 3.63) is 12.4 Å². The number of halogens is 3. The van der Waals surface area contributed by atoms with Crippen LogP contribution in [0.4, 0.5) is 18.9 Å². The number of hydrogen-bond acceptors (Lipinski definition) is 3. The van der Waals surface area contributed by atoms with E-state index in [0.29, 0.717) is 4.68 Å². The van der Waals surface area contributed by atoms with Crippen molar-refractivity contribution >= 4 is 11.6 Å². The molecule has 1 rings (SSSR count). The second kappa shape index (κ2) is 5.17. The number of nitrogens with two attached hydrogens (primary N) is 1. The number of carbonyl (C=O) groups excluding carboxylic acids is 1. The van der Waals surface area contributed by atoms with Crippen molar-refractivity contribution < 1.29 is 18.0 Å². The number of hydrogen-bond donors (Lipinski definition) is 2. The molecule has 1 unspecified atom stereocenters. The summed E-state index contributed by atoms with van der Waals surface area (Å²) in [5.41, 5.74) is 5.63. The molecule has 1 aromatic rings. The first kappa shape index (κ1) is 13.5. The van der Waals surface area contributed by atoms with Crippen molar-refractivity contribution in [1.29, 1.82) is 0 Å². The molecule has 17 heavy (non-hydrogen) atoms. The smallest absolute Gasteiger partial charge is 0.327 e. The summed E-state index contributed by atoms with van der Waals surface area (Å²) >= 11 is 0. The quantitative estimate of drug-likeness (QED) is 0.841. The van der Waals surface area contributed by atoms with Crippen LogP contribution < -0.4 is 11.1 Å². The zero-order chi connectivity index (χ0) is 13.1. The van der Waals surface area contributed by atoms with Gasteiger partial charge in [-0.3, -0.25) is 9.48 Å². The number of aromatic nitrogens is 2. The van der Waals surface area contributed by atoms with Gasteiger partial charge < -0.3 is 11.1 Å². The number of carbonyl (C=O) groups is 1. The third kappa shape index (κ3) is 5.34. The fraction of sp³-hybridized carbons (Fsp3) is 0.556. The molecular weight excluding hydrogens is 237 g/mol. The molecule has 1 amide bonds. The average molecular weight is 250 g/mol. The van der Waals surface area contributed by atoms with Gasteiger partial charge >= 0.3 is 6.18 Å². The first-order chi connectivity index (χ1) is 7.76. The van der Waals surface area contributed by atoms with Crippen LogP contribution in [-0.4, -0.2) is 27.9 Å². The first-order valence-corrected chi connectivity index (χ1v) is 4.91. The van der Waals surface area contributed by atoms with Crippen LogP contribution in [0.5, 0.6) is 0 Å². The van der Waals surface area contributed by atoms with E-state index in [1.165, 1.54) is 0 Å². The lowest BCUT2D eigenvalue weighted by molar-refractivity contribution is -0.142. The fourth-order valence-electron chi connectivity index (χ4n) is 1.20. The zero-order valence-corrected chi connectivity index (χ0v) is 9.16. The van der Waals surface area contributed by atoms with Crippen LogP contribution in [0.1, 0.15) is 13.3 Å². The number of rotatable bonds is 4. The molecule has 0 aromatic carbocycles. The Morgan fingerprint density at radius 2 is 2.29 bits per heavy atom. The monoisotopic (exact) mass is 250 g/mol. The van der Waals surface area contributed by atoms with Gasteiger partial charge in [0.2, 0.25) is 5.91 Å². The van der Waals surface area contributed by atoms with Crippen LogP contribution in [0.2, 0.25) is 0 Å². The summed E-state index contributed by atoms with van der Waals surface area (Å²) in [7, 11) is 0. The maximum absolute atomic E-state index is 12.0. The molecule has 0 aliphatic rings. The number of anilines is 1. The van der Waals surface area contributed by atoms with Gasteiger partial charge in [0.05, 0.1) is 11.9 Å². The van der Waals surface area contributed by atoms with Gasteiger partial charge in [0.1, 0.15) is 6.54 Å². The highest BCUT2D eigenvalue weighted by atomic mass is 19.4. The minimum Gasteiger partial charge on any atom is -0.327 e. The van der Waals surface area contributed by atoms with Crippen LogP contribution in [0.3, 0.4) is 0 Å². The summed E-state index contributed by atoms with van der Waals surface area (Å²) in [4.78, 5) is 11.3. The van der Waals surface area contributed by atoms with E-state index < -0.39 is 12.7 Å². The summed E-state index contributed by atoms with van der Waals surface area (Å²) in [6.45, 7) is 0.475. The third-order valence-corrected chi connectivity index (χ3v) is 1.77. The van der Waals surface area contributed by atoms with E-state index in [0.717, 1.165) is 12.4 Å². The van der Waals surface area contributed by atoms with E-state index in [1.54, 1.807) is 6.92 Å². The Balaban J connectivity index is 2.54. The topological polar surface area (TPSA) is 72.9 Å². The van der Waals surface area contributed by atoms with Gasteiger partial charge in [0, 0.05) is 18.7 Å². The van der Waals surface area contributed by atoms with E-state index in [2.05, 4.69) is 10.4 Å². The van der Waals surface area contributed by atoms with Gasteiger partial charge in [0.25, 0.3) is 0 Å². The highest BCUT2D eigenvalue weighted by molar-refractivity contribution is 5.90. The molecule has 0 saturated heterocycles. The molecule has 1 atom stereocenters. The predicted molar refractivity (Wildman–Crippen MR) is 55.2 cm³/mol. The van der Waals surface area contributed by atoms with Gasteiger partial charge in [-0.2, -0.15) is 18.3 Å². The minimum absolute atomic E-state index is 0.102. The second-order valence-electron chi connectivity index (χ2n) is 3.77. The molecule has 0 radical (unpaired) electrons. The van der Waals surface area contributed by atoms with Crippen LogP contribution in [0.25, 0.3) is 0 Å². The van der Waals surface area contributed by atoms with E-state index in [1.807, 2.05) is 0 Å². The van der Waals surface area contributed by atoms with Crippen LogP contribution in [0, 0.1) is 0 Å². The lowest BCUT2D eigenvalue weighted by Crippen LogP contribution is -2.23.